The molecular formula is C21H26N2O5. The zero-order valence-corrected chi connectivity index (χ0v) is 16.3. The maximum Gasteiger partial charge on any atom is 0.335 e. The summed E-state index contributed by atoms with van der Waals surface area (Å²) in [6.07, 6.45) is 3.07. The van der Waals surface area contributed by atoms with Crippen LogP contribution in [0.25, 0.3) is 0 Å². The largest absolute Gasteiger partial charge is 0.493 e. The Balaban J connectivity index is 1.86. The molecular weight excluding hydrogens is 360 g/mol. The Morgan fingerprint density at radius 3 is 2.82 bits per heavy atom. The number of nitrogens with zero attached hydrogens (tertiary/aromatic N) is 2. The Morgan fingerprint density at radius 1 is 1.32 bits per heavy atom. The lowest BCUT2D eigenvalue weighted by Crippen LogP contribution is -2.20. The Bertz CT molecular complexity index is 805. The molecule has 0 unspecified atom stereocenters. The van der Waals surface area contributed by atoms with E-state index in [1.54, 1.807) is 6.07 Å². The van der Waals surface area contributed by atoms with Gasteiger partial charge in [-0.15, -0.1) is 0 Å². The summed E-state index contributed by atoms with van der Waals surface area (Å²) < 4.78 is 17.5. The summed E-state index contributed by atoms with van der Waals surface area (Å²) in [6, 6.07) is 8.93. The Morgan fingerprint density at radius 2 is 2.11 bits per heavy atom. The number of carboxylic acid groups (broad SMARTS) is 1. The summed E-state index contributed by atoms with van der Waals surface area (Å²) in [4.78, 5) is 17.4. The van der Waals surface area contributed by atoms with Crippen LogP contribution in [0.15, 0.2) is 36.5 Å². The number of benzene rings is 1. The van der Waals surface area contributed by atoms with Gasteiger partial charge in [-0.25, -0.2) is 9.78 Å². The summed E-state index contributed by atoms with van der Waals surface area (Å²) in [7, 11) is 1.87. The maximum atomic E-state index is 11.2. The van der Waals surface area contributed by atoms with Crippen LogP contribution in [0, 0.1) is 0 Å². The Labute approximate surface area is 164 Å². The number of aromatic nitrogens is 1. The Kier molecular flexibility index (Phi) is 6.84. The fourth-order valence-corrected chi connectivity index (χ4v) is 3.07. The van der Waals surface area contributed by atoms with Crippen molar-refractivity contribution >= 4 is 11.8 Å². The van der Waals surface area contributed by atoms with Crippen LogP contribution in [0.2, 0.25) is 0 Å². The number of hydrogen-bond acceptors (Lipinski definition) is 6. The third kappa shape index (κ3) is 4.79. The van der Waals surface area contributed by atoms with Crippen LogP contribution in [0.1, 0.15) is 47.5 Å². The van der Waals surface area contributed by atoms with Gasteiger partial charge in [0.1, 0.15) is 11.6 Å². The number of carboxylic acids is 1. The minimum absolute atomic E-state index is 0.205. The summed E-state index contributed by atoms with van der Waals surface area (Å²) in [5.41, 5.74) is 2.08. The predicted octanol–water partition coefficient (Wildman–Crippen LogP) is 3.64. The van der Waals surface area contributed by atoms with E-state index in [2.05, 4.69) is 11.9 Å². The lowest BCUT2D eigenvalue weighted by Gasteiger charge is -2.24. The maximum absolute atomic E-state index is 11.2. The second-order valence-electron chi connectivity index (χ2n) is 6.67. The van der Waals surface area contributed by atoms with E-state index in [4.69, 9.17) is 14.2 Å². The molecule has 2 heterocycles. The molecule has 7 heteroatoms. The standard InChI is InChI=1S/C21H26N2O5/c1-3-4-10-26-17-7-5-6-16(19(17)21-27-11-12-28-21)14-23(2)18-13-15(20(24)25)8-9-22-18/h5-9,13,21H,3-4,10-12,14H2,1-2H3,(H,24,25). The molecule has 150 valence electrons. The number of rotatable bonds is 9. The van der Waals surface area contributed by atoms with Crippen molar-refractivity contribution in [2.75, 3.05) is 31.8 Å². The molecule has 1 aliphatic rings. The van der Waals surface area contributed by atoms with Gasteiger partial charge in [0.05, 0.1) is 30.9 Å². The van der Waals surface area contributed by atoms with Gasteiger partial charge >= 0.3 is 5.97 Å². The molecule has 1 fully saturated rings. The molecule has 1 aromatic carbocycles. The topological polar surface area (TPSA) is 81.1 Å². The third-order valence-corrected chi connectivity index (χ3v) is 4.56. The quantitative estimate of drug-likeness (QED) is 0.659. The van der Waals surface area contributed by atoms with Crippen molar-refractivity contribution in [2.24, 2.45) is 0 Å². The SMILES string of the molecule is CCCCOc1cccc(CN(C)c2cc(C(=O)O)ccn2)c1C1OCCO1. The first-order valence-corrected chi connectivity index (χ1v) is 9.48. The minimum Gasteiger partial charge on any atom is -0.493 e. The molecule has 0 aliphatic carbocycles. The molecule has 28 heavy (non-hydrogen) atoms. The fraction of sp³-hybridized carbons (Fsp3) is 0.429. The summed E-state index contributed by atoms with van der Waals surface area (Å²) in [5.74, 6) is 0.367. The normalized spacial score (nSPS) is 14.2. The lowest BCUT2D eigenvalue weighted by atomic mass is 10.0. The Hall–Kier alpha value is -2.64. The average molecular weight is 386 g/mol. The van der Waals surface area contributed by atoms with E-state index < -0.39 is 12.3 Å². The summed E-state index contributed by atoms with van der Waals surface area (Å²) in [5, 5.41) is 9.21. The highest BCUT2D eigenvalue weighted by molar-refractivity contribution is 5.88. The van der Waals surface area contributed by atoms with Crippen LogP contribution in [0.3, 0.4) is 0 Å². The van der Waals surface area contributed by atoms with Gasteiger partial charge in [-0.05, 0) is 30.2 Å². The van der Waals surface area contributed by atoms with Crippen LogP contribution in [-0.2, 0) is 16.0 Å². The van der Waals surface area contributed by atoms with Gasteiger partial charge in [-0.2, -0.15) is 0 Å². The van der Waals surface area contributed by atoms with E-state index in [0.29, 0.717) is 32.2 Å². The fourth-order valence-electron chi connectivity index (χ4n) is 3.07. The number of ether oxygens (including phenoxy) is 3. The van der Waals surface area contributed by atoms with Gasteiger partial charge < -0.3 is 24.2 Å². The number of unbranched alkanes of at least 4 members (excludes halogenated alkanes) is 1. The number of carbonyl (C=O) groups is 1. The van der Waals surface area contributed by atoms with E-state index in [-0.39, 0.29) is 5.56 Å². The van der Waals surface area contributed by atoms with Crippen molar-refractivity contribution in [3.63, 3.8) is 0 Å². The van der Waals surface area contributed by atoms with Gasteiger partial charge in [0, 0.05) is 19.8 Å². The summed E-state index contributed by atoms with van der Waals surface area (Å²) >= 11 is 0. The zero-order chi connectivity index (χ0) is 19.9. The van der Waals surface area contributed by atoms with E-state index in [0.717, 1.165) is 29.7 Å². The highest BCUT2D eigenvalue weighted by atomic mass is 16.7. The molecule has 0 atom stereocenters. The van der Waals surface area contributed by atoms with Gasteiger partial charge in [0.25, 0.3) is 0 Å². The molecule has 0 spiro atoms. The molecule has 0 bridgehead atoms. The van der Waals surface area contributed by atoms with Gasteiger partial charge in [0.2, 0.25) is 0 Å². The molecule has 0 saturated carbocycles. The van der Waals surface area contributed by atoms with Gasteiger partial charge in [0.15, 0.2) is 6.29 Å². The minimum atomic E-state index is -0.975. The number of hydrogen-bond donors (Lipinski definition) is 1. The van der Waals surface area contributed by atoms with Crippen molar-refractivity contribution in [1.29, 1.82) is 0 Å². The van der Waals surface area contributed by atoms with Crippen molar-refractivity contribution < 1.29 is 24.1 Å². The number of pyridine rings is 1. The predicted molar refractivity (Wildman–Crippen MR) is 105 cm³/mol. The smallest absolute Gasteiger partial charge is 0.335 e. The molecule has 0 radical (unpaired) electrons. The van der Waals surface area contributed by atoms with Crippen molar-refractivity contribution in [2.45, 2.75) is 32.6 Å². The zero-order valence-electron chi connectivity index (χ0n) is 16.3. The van der Waals surface area contributed by atoms with Crippen molar-refractivity contribution in [3.05, 3.63) is 53.2 Å². The molecule has 2 aromatic rings. The van der Waals surface area contributed by atoms with Gasteiger partial charge in [-0.1, -0.05) is 25.5 Å². The molecule has 1 aliphatic heterocycles. The van der Waals surface area contributed by atoms with Crippen molar-refractivity contribution in [3.8, 4) is 5.75 Å². The first-order chi connectivity index (χ1) is 13.6. The molecule has 1 saturated heterocycles. The third-order valence-electron chi connectivity index (χ3n) is 4.56. The number of aromatic carboxylic acids is 1. The molecule has 1 aromatic heterocycles. The van der Waals surface area contributed by atoms with Crippen LogP contribution >= 0.6 is 0 Å². The summed E-state index contributed by atoms with van der Waals surface area (Å²) in [6.45, 7) is 4.37. The van der Waals surface area contributed by atoms with Crippen LogP contribution in [0.4, 0.5) is 5.82 Å². The highest BCUT2D eigenvalue weighted by Gasteiger charge is 2.26. The second kappa shape index (κ2) is 9.52. The molecule has 1 N–H and O–H groups in total. The van der Waals surface area contributed by atoms with E-state index in [1.165, 1.54) is 12.3 Å². The molecule has 3 rings (SSSR count). The second-order valence-corrected chi connectivity index (χ2v) is 6.67. The van der Waals surface area contributed by atoms with Crippen LogP contribution in [0.5, 0.6) is 5.75 Å². The molecule has 7 nitrogen and oxygen atoms in total. The highest BCUT2D eigenvalue weighted by Crippen LogP contribution is 2.35. The first-order valence-electron chi connectivity index (χ1n) is 9.48. The lowest BCUT2D eigenvalue weighted by molar-refractivity contribution is -0.0463. The monoisotopic (exact) mass is 386 g/mol. The average Bonchev–Trinajstić information content (AvgIpc) is 3.22. The molecule has 0 amide bonds. The van der Waals surface area contributed by atoms with Crippen LogP contribution < -0.4 is 9.64 Å². The number of anilines is 1. The van der Waals surface area contributed by atoms with E-state index in [1.807, 2.05) is 30.1 Å². The van der Waals surface area contributed by atoms with Crippen molar-refractivity contribution in [1.82, 2.24) is 4.98 Å². The van der Waals surface area contributed by atoms with E-state index in [9.17, 15) is 9.90 Å². The van der Waals surface area contributed by atoms with Crippen LogP contribution in [-0.4, -0.2) is 42.9 Å². The first kappa shape index (κ1) is 20.1. The van der Waals surface area contributed by atoms with E-state index >= 15 is 0 Å². The van der Waals surface area contributed by atoms with Gasteiger partial charge in [-0.3, -0.25) is 0 Å².